The molecular weight excluding hydrogens is 260 g/mol. The largest absolute Gasteiger partial charge is 0.144 e. The fourth-order valence-corrected chi connectivity index (χ4v) is 3.68. The zero-order valence-electron chi connectivity index (χ0n) is 13.9. The maximum atomic E-state index is 2.32. The van der Waals surface area contributed by atoms with Gasteiger partial charge in [-0.1, -0.05) is 57.4 Å². The number of hydrogen-bond acceptors (Lipinski definition) is 1. The maximum Gasteiger partial charge on any atom is 0.0328 e. The molecule has 0 aliphatic heterocycles. The first-order valence-corrected chi connectivity index (χ1v) is 9.25. The number of aryl methyl sites for hydroxylation is 1. The van der Waals surface area contributed by atoms with E-state index < -0.39 is 0 Å². The van der Waals surface area contributed by atoms with Crippen molar-refractivity contribution in [2.45, 2.75) is 85.5 Å². The average molecular weight is 293 g/mol. The Hall–Kier alpha value is -0.560. The molecule has 0 radical (unpaired) electrons. The number of allylic oxidation sites excluding steroid dienone is 2. The van der Waals surface area contributed by atoms with Crippen molar-refractivity contribution in [3.8, 4) is 0 Å². The molecule has 0 saturated heterocycles. The highest BCUT2D eigenvalue weighted by atomic mass is 32.1. The van der Waals surface area contributed by atoms with E-state index in [1.165, 1.54) is 73.8 Å². The SMILES string of the molecule is CCCCCCCCCC/C(C)=C(\C)c1sccc1C. The van der Waals surface area contributed by atoms with Gasteiger partial charge in [-0.05, 0) is 56.2 Å². The van der Waals surface area contributed by atoms with E-state index in [0.29, 0.717) is 0 Å². The molecule has 0 nitrogen and oxygen atoms in total. The summed E-state index contributed by atoms with van der Waals surface area (Å²) in [6.45, 7) is 9.11. The molecule has 20 heavy (non-hydrogen) atoms. The van der Waals surface area contributed by atoms with Crippen LogP contribution in [0.15, 0.2) is 17.0 Å². The molecule has 0 aliphatic carbocycles. The zero-order valence-corrected chi connectivity index (χ0v) is 14.7. The third-order valence-electron chi connectivity index (χ3n) is 4.25. The minimum absolute atomic E-state index is 1.28. The Morgan fingerprint density at radius 2 is 1.55 bits per heavy atom. The smallest absolute Gasteiger partial charge is 0.0328 e. The standard InChI is InChI=1S/C19H32S/c1-5-6-7-8-9-10-11-12-13-16(2)18(4)19-17(3)14-15-20-19/h14-15H,5-13H2,1-4H3/b18-16+. The van der Waals surface area contributed by atoms with Gasteiger partial charge in [0.2, 0.25) is 0 Å². The van der Waals surface area contributed by atoms with E-state index in [1.807, 2.05) is 11.3 Å². The Kier molecular flexibility index (Phi) is 8.93. The van der Waals surface area contributed by atoms with Gasteiger partial charge in [0.25, 0.3) is 0 Å². The van der Waals surface area contributed by atoms with Gasteiger partial charge in [-0.2, -0.15) is 0 Å². The molecule has 0 saturated carbocycles. The normalized spacial score (nSPS) is 12.6. The predicted molar refractivity (Wildman–Crippen MR) is 94.6 cm³/mol. The van der Waals surface area contributed by atoms with E-state index in [-0.39, 0.29) is 0 Å². The molecule has 0 fully saturated rings. The van der Waals surface area contributed by atoms with Crippen molar-refractivity contribution in [3.05, 3.63) is 27.5 Å². The van der Waals surface area contributed by atoms with Gasteiger partial charge in [0, 0.05) is 4.88 Å². The zero-order chi connectivity index (χ0) is 14.8. The van der Waals surface area contributed by atoms with Crippen molar-refractivity contribution in [1.82, 2.24) is 0 Å². The Morgan fingerprint density at radius 1 is 0.950 bits per heavy atom. The number of unbranched alkanes of at least 4 members (excludes halogenated alkanes) is 7. The predicted octanol–water partition coefficient (Wildman–Crippen LogP) is 7.38. The topological polar surface area (TPSA) is 0 Å². The molecule has 0 aromatic carbocycles. The number of rotatable bonds is 10. The van der Waals surface area contributed by atoms with E-state index in [4.69, 9.17) is 0 Å². The van der Waals surface area contributed by atoms with Crippen LogP contribution in [-0.4, -0.2) is 0 Å². The molecule has 1 heterocycles. The highest BCUT2D eigenvalue weighted by Gasteiger charge is 2.05. The second-order valence-corrected chi connectivity index (χ2v) is 6.98. The molecule has 1 heteroatoms. The second-order valence-electron chi connectivity index (χ2n) is 6.06. The van der Waals surface area contributed by atoms with E-state index in [1.54, 1.807) is 5.57 Å². The van der Waals surface area contributed by atoms with Crippen LogP contribution in [0.4, 0.5) is 0 Å². The highest BCUT2D eigenvalue weighted by molar-refractivity contribution is 7.11. The minimum atomic E-state index is 1.28. The average Bonchev–Trinajstić information content (AvgIpc) is 2.87. The van der Waals surface area contributed by atoms with Crippen molar-refractivity contribution in [2.75, 3.05) is 0 Å². The molecule has 0 spiro atoms. The second kappa shape index (κ2) is 10.2. The van der Waals surface area contributed by atoms with Crippen LogP contribution in [0.1, 0.15) is 89.0 Å². The van der Waals surface area contributed by atoms with E-state index in [9.17, 15) is 0 Å². The van der Waals surface area contributed by atoms with Gasteiger partial charge in [0.15, 0.2) is 0 Å². The molecule has 0 N–H and O–H groups in total. The van der Waals surface area contributed by atoms with Gasteiger partial charge in [0.1, 0.15) is 0 Å². The molecule has 114 valence electrons. The lowest BCUT2D eigenvalue weighted by molar-refractivity contribution is 0.575. The molecule has 0 aliphatic rings. The Morgan fingerprint density at radius 3 is 2.10 bits per heavy atom. The van der Waals surface area contributed by atoms with Crippen LogP contribution in [-0.2, 0) is 0 Å². The summed E-state index contributed by atoms with van der Waals surface area (Å²) in [6.07, 6.45) is 12.6. The first-order chi connectivity index (χ1) is 9.66. The molecular formula is C19H32S. The summed E-state index contributed by atoms with van der Waals surface area (Å²) in [5.74, 6) is 0. The van der Waals surface area contributed by atoms with Crippen LogP contribution in [0.5, 0.6) is 0 Å². The Labute approximate surface area is 130 Å². The van der Waals surface area contributed by atoms with Crippen molar-refractivity contribution in [3.63, 3.8) is 0 Å². The lowest BCUT2D eigenvalue weighted by Gasteiger charge is -2.08. The minimum Gasteiger partial charge on any atom is -0.144 e. The van der Waals surface area contributed by atoms with Gasteiger partial charge in [0.05, 0.1) is 0 Å². The van der Waals surface area contributed by atoms with Crippen molar-refractivity contribution >= 4 is 16.9 Å². The van der Waals surface area contributed by atoms with Crippen LogP contribution in [0, 0.1) is 6.92 Å². The summed E-state index contributed by atoms with van der Waals surface area (Å²) in [7, 11) is 0. The summed E-state index contributed by atoms with van der Waals surface area (Å²) in [5, 5.41) is 2.21. The van der Waals surface area contributed by atoms with E-state index in [0.717, 1.165) is 0 Å². The van der Waals surface area contributed by atoms with Crippen LogP contribution in [0.25, 0.3) is 5.57 Å². The summed E-state index contributed by atoms with van der Waals surface area (Å²) in [6, 6.07) is 2.23. The quantitative estimate of drug-likeness (QED) is 0.394. The number of thiophene rings is 1. The van der Waals surface area contributed by atoms with Gasteiger partial charge in [-0.3, -0.25) is 0 Å². The lowest BCUT2D eigenvalue weighted by atomic mass is 10.0. The van der Waals surface area contributed by atoms with Crippen molar-refractivity contribution in [1.29, 1.82) is 0 Å². The third-order valence-corrected chi connectivity index (χ3v) is 5.38. The maximum absolute atomic E-state index is 2.32. The van der Waals surface area contributed by atoms with Crippen LogP contribution < -0.4 is 0 Å². The molecule has 1 aromatic rings. The highest BCUT2D eigenvalue weighted by Crippen LogP contribution is 2.28. The van der Waals surface area contributed by atoms with Gasteiger partial charge in [-0.25, -0.2) is 0 Å². The Balaban J connectivity index is 2.20. The molecule has 0 unspecified atom stereocenters. The number of hydrogen-bond donors (Lipinski definition) is 0. The third kappa shape index (κ3) is 6.26. The van der Waals surface area contributed by atoms with Crippen molar-refractivity contribution < 1.29 is 0 Å². The van der Waals surface area contributed by atoms with Crippen LogP contribution in [0.3, 0.4) is 0 Å². The fraction of sp³-hybridized carbons (Fsp3) is 0.684. The molecule has 1 rings (SSSR count). The first-order valence-electron chi connectivity index (χ1n) is 8.37. The van der Waals surface area contributed by atoms with Crippen LogP contribution >= 0.6 is 11.3 Å². The monoisotopic (exact) mass is 292 g/mol. The van der Waals surface area contributed by atoms with Gasteiger partial charge in [-0.15, -0.1) is 11.3 Å². The lowest BCUT2D eigenvalue weighted by Crippen LogP contribution is -1.87. The van der Waals surface area contributed by atoms with E-state index in [2.05, 4.69) is 39.1 Å². The van der Waals surface area contributed by atoms with Crippen LogP contribution in [0.2, 0.25) is 0 Å². The van der Waals surface area contributed by atoms with Gasteiger partial charge < -0.3 is 0 Å². The van der Waals surface area contributed by atoms with E-state index >= 15 is 0 Å². The molecule has 0 amide bonds. The summed E-state index contributed by atoms with van der Waals surface area (Å²) < 4.78 is 0. The fourth-order valence-electron chi connectivity index (χ4n) is 2.66. The summed E-state index contributed by atoms with van der Waals surface area (Å²) in [5.41, 5.74) is 4.53. The molecule has 1 aromatic heterocycles. The summed E-state index contributed by atoms with van der Waals surface area (Å²) in [4.78, 5) is 1.49. The molecule has 0 bridgehead atoms. The molecule has 0 atom stereocenters. The van der Waals surface area contributed by atoms with Gasteiger partial charge >= 0.3 is 0 Å². The summed E-state index contributed by atoms with van der Waals surface area (Å²) >= 11 is 1.88. The first kappa shape index (κ1) is 17.5. The van der Waals surface area contributed by atoms with Crippen molar-refractivity contribution in [2.24, 2.45) is 0 Å². The Bertz CT molecular complexity index is 398.